The van der Waals surface area contributed by atoms with Crippen molar-refractivity contribution in [2.24, 2.45) is 0 Å². The SMILES string of the molecule is Fc1ccc(OCc2cccc(Cl)c2F)c(CBr)c1. The van der Waals surface area contributed by atoms with E-state index in [0.29, 0.717) is 22.2 Å². The van der Waals surface area contributed by atoms with Crippen LogP contribution in [0.5, 0.6) is 5.75 Å². The van der Waals surface area contributed by atoms with Crippen LogP contribution in [-0.4, -0.2) is 0 Å². The monoisotopic (exact) mass is 346 g/mol. The molecule has 19 heavy (non-hydrogen) atoms. The van der Waals surface area contributed by atoms with Crippen LogP contribution >= 0.6 is 27.5 Å². The van der Waals surface area contributed by atoms with Crippen LogP contribution in [0.15, 0.2) is 36.4 Å². The highest BCUT2D eigenvalue weighted by Gasteiger charge is 2.09. The minimum absolute atomic E-state index is 0.0397. The Morgan fingerprint density at radius 3 is 2.63 bits per heavy atom. The molecule has 0 radical (unpaired) electrons. The van der Waals surface area contributed by atoms with Crippen LogP contribution in [0.3, 0.4) is 0 Å². The molecule has 100 valence electrons. The van der Waals surface area contributed by atoms with Crippen LogP contribution in [0, 0.1) is 11.6 Å². The van der Waals surface area contributed by atoms with Crippen molar-refractivity contribution >= 4 is 27.5 Å². The molecule has 0 aliphatic carbocycles. The molecule has 2 rings (SSSR count). The number of hydrogen-bond donors (Lipinski definition) is 0. The van der Waals surface area contributed by atoms with Crippen molar-refractivity contribution < 1.29 is 13.5 Å². The third-order valence-electron chi connectivity index (χ3n) is 2.58. The molecule has 0 saturated carbocycles. The van der Waals surface area contributed by atoms with Gasteiger partial charge in [-0.05, 0) is 24.3 Å². The van der Waals surface area contributed by atoms with E-state index in [9.17, 15) is 8.78 Å². The van der Waals surface area contributed by atoms with Gasteiger partial charge in [-0.2, -0.15) is 0 Å². The first kappa shape index (κ1) is 14.3. The molecule has 0 aliphatic heterocycles. The third kappa shape index (κ3) is 3.45. The predicted octanol–water partition coefficient (Wildman–Crippen LogP) is 5.09. The van der Waals surface area contributed by atoms with E-state index in [0.717, 1.165) is 0 Å². The van der Waals surface area contributed by atoms with E-state index in [4.69, 9.17) is 16.3 Å². The Labute approximate surface area is 123 Å². The van der Waals surface area contributed by atoms with Crippen molar-refractivity contribution in [1.29, 1.82) is 0 Å². The van der Waals surface area contributed by atoms with Crippen LogP contribution in [0.4, 0.5) is 8.78 Å². The molecule has 1 nitrogen and oxygen atoms in total. The second-order valence-electron chi connectivity index (χ2n) is 3.89. The lowest BCUT2D eigenvalue weighted by Crippen LogP contribution is -2.01. The van der Waals surface area contributed by atoms with Crippen molar-refractivity contribution in [3.8, 4) is 5.75 Å². The fourth-order valence-electron chi connectivity index (χ4n) is 1.61. The van der Waals surface area contributed by atoms with E-state index in [1.165, 1.54) is 24.3 Å². The largest absolute Gasteiger partial charge is 0.488 e. The first-order valence-electron chi connectivity index (χ1n) is 5.52. The molecular formula is C14H10BrClF2O. The highest BCUT2D eigenvalue weighted by molar-refractivity contribution is 9.08. The zero-order valence-electron chi connectivity index (χ0n) is 9.80. The Balaban J connectivity index is 2.17. The van der Waals surface area contributed by atoms with Crippen LogP contribution in [0.25, 0.3) is 0 Å². The van der Waals surface area contributed by atoms with E-state index in [-0.39, 0.29) is 17.4 Å². The Kier molecular flexibility index (Phi) is 4.77. The number of benzene rings is 2. The average Bonchev–Trinajstić information content (AvgIpc) is 2.41. The van der Waals surface area contributed by atoms with Gasteiger partial charge in [-0.25, -0.2) is 8.78 Å². The van der Waals surface area contributed by atoms with Crippen molar-refractivity contribution in [3.63, 3.8) is 0 Å². The summed E-state index contributed by atoms with van der Waals surface area (Å²) in [7, 11) is 0. The lowest BCUT2D eigenvalue weighted by atomic mass is 10.2. The van der Waals surface area contributed by atoms with Crippen LogP contribution in [-0.2, 0) is 11.9 Å². The quantitative estimate of drug-likeness (QED) is 0.700. The molecule has 0 atom stereocenters. The standard InChI is InChI=1S/C14H10BrClF2O/c15-7-10-6-11(17)4-5-13(10)19-8-9-2-1-3-12(16)14(9)18/h1-6H,7-8H2. The normalized spacial score (nSPS) is 10.5. The van der Waals surface area contributed by atoms with E-state index in [2.05, 4.69) is 15.9 Å². The molecule has 0 amide bonds. The number of halogens is 4. The number of hydrogen-bond acceptors (Lipinski definition) is 1. The third-order valence-corrected chi connectivity index (χ3v) is 3.48. The number of alkyl halides is 1. The minimum atomic E-state index is -0.494. The summed E-state index contributed by atoms with van der Waals surface area (Å²) in [6.07, 6.45) is 0. The molecule has 0 fully saturated rings. The molecule has 0 N–H and O–H groups in total. The maximum Gasteiger partial charge on any atom is 0.148 e. The average molecular weight is 348 g/mol. The Morgan fingerprint density at radius 2 is 1.89 bits per heavy atom. The first-order valence-corrected chi connectivity index (χ1v) is 7.02. The second-order valence-corrected chi connectivity index (χ2v) is 4.86. The molecule has 0 bridgehead atoms. The zero-order valence-corrected chi connectivity index (χ0v) is 12.1. The Bertz CT molecular complexity index is 590. The molecule has 0 saturated heterocycles. The topological polar surface area (TPSA) is 9.23 Å². The van der Waals surface area contributed by atoms with E-state index < -0.39 is 5.82 Å². The van der Waals surface area contributed by atoms with Gasteiger partial charge >= 0.3 is 0 Å². The summed E-state index contributed by atoms with van der Waals surface area (Å²) >= 11 is 8.94. The summed E-state index contributed by atoms with van der Waals surface area (Å²) in [5.74, 6) is -0.319. The summed E-state index contributed by atoms with van der Waals surface area (Å²) in [4.78, 5) is 0. The summed E-state index contributed by atoms with van der Waals surface area (Å²) in [5.41, 5.74) is 1.03. The Hall–Kier alpha value is -1.13. The van der Waals surface area contributed by atoms with Gasteiger partial charge in [0, 0.05) is 16.5 Å². The van der Waals surface area contributed by atoms with Crippen molar-refractivity contribution in [2.75, 3.05) is 0 Å². The smallest absolute Gasteiger partial charge is 0.148 e. The molecule has 0 spiro atoms. The van der Waals surface area contributed by atoms with Gasteiger partial charge in [-0.1, -0.05) is 39.7 Å². The maximum atomic E-state index is 13.7. The lowest BCUT2D eigenvalue weighted by molar-refractivity contribution is 0.297. The van der Waals surface area contributed by atoms with Gasteiger partial charge in [0.2, 0.25) is 0 Å². The minimum Gasteiger partial charge on any atom is -0.488 e. The maximum absolute atomic E-state index is 13.7. The highest BCUT2D eigenvalue weighted by atomic mass is 79.9. The fraction of sp³-hybridized carbons (Fsp3) is 0.143. The van der Waals surface area contributed by atoms with Gasteiger partial charge < -0.3 is 4.74 Å². The van der Waals surface area contributed by atoms with Crippen molar-refractivity contribution in [3.05, 3.63) is 64.2 Å². The number of rotatable bonds is 4. The molecule has 0 heterocycles. The van der Waals surface area contributed by atoms with E-state index in [1.54, 1.807) is 12.1 Å². The fourth-order valence-corrected chi connectivity index (χ4v) is 2.24. The predicted molar refractivity (Wildman–Crippen MR) is 74.8 cm³/mol. The summed E-state index contributed by atoms with van der Waals surface area (Å²) in [6.45, 7) is 0.0397. The van der Waals surface area contributed by atoms with Gasteiger partial charge in [0.1, 0.15) is 24.0 Å². The van der Waals surface area contributed by atoms with Gasteiger partial charge in [0.25, 0.3) is 0 Å². The van der Waals surface area contributed by atoms with Crippen molar-refractivity contribution in [2.45, 2.75) is 11.9 Å². The van der Waals surface area contributed by atoms with Crippen LogP contribution in [0.2, 0.25) is 5.02 Å². The summed E-state index contributed by atoms with van der Waals surface area (Å²) in [6, 6.07) is 8.92. The van der Waals surface area contributed by atoms with Gasteiger partial charge in [0.15, 0.2) is 0 Å². The summed E-state index contributed by atoms with van der Waals surface area (Å²) < 4.78 is 32.2. The zero-order chi connectivity index (χ0) is 13.8. The van der Waals surface area contributed by atoms with Crippen molar-refractivity contribution in [1.82, 2.24) is 0 Å². The van der Waals surface area contributed by atoms with E-state index in [1.807, 2.05) is 0 Å². The van der Waals surface area contributed by atoms with Gasteiger partial charge in [0.05, 0.1) is 5.02 Å². The molecular weight excluding hydrogens is 338 g/mol. The second kappa shape index (κ2) is 6.35. The molecule has 2 aromatic rings. The Morgan fingerprint density at radius 1 is 1.11 bits per heavy atom. The van der Waals surface area contributed by atoms with Crippen LogP contribution < -0.4 is 4.74 Å². The lowest BCUT2D eigenvalue weighted by Gasteiger charge is -2.11. The number of ether oxygens (including phenoxy) is 1. The van der Waals surface area contributed by atoms with E-state index >= 15 is 0 Å². The first-order chi connectivity index (χ1) is 9.11. The van der Waals surface area contributed by atoms with Gasteiger partial charge in [-0.15, -0.1) is 0 Å². The molecule has 0 unspecified atom stereocenters. The van der Waals surface area contributed by atoms with Crippen LogP contribution in [0.1, 0.15) is 11.1 Å². The molecule has 5 heteroatoms. The highest BCUT2D eigenvalue weighted by Crippen LogP contribution is 2.24. The molecule has 0 aromatic heterocycles. The molecule has 2 aromatic carbocycles. The summed E-state index contributed by atoms with van der Waals surface area (Å²) in [5, 5.41) is 0.513. The molecule has 0 aliphatic rings. The van der Waals surface area contributed by atoms with Gasteiger partial charge in [-0.3, -0.25) is 0 Å².